The fourth-order valence-corrected chi connectivity index (χ4v) is 1.59. The van der Waals surface area contributed by atoms with Gasteiger partial charge >= 0.3 is 5.97 Å². The number of nitrogens with one attached hydrogen (secondary N) is 1. The number of phenols is 1. The standard InChI is InChI=1S/C14H12N2O3/c1-19-14(18)10-6-7-16-12(8-10)13(15)9-2-4-11(17)5-3-9/h2-8,15,17H,1H3. The molecule has 0 saturated carbocycles. The molecule has 0 aliphatic rings. The highest BCUT2D eigenvalue weighted by Crippen LogP contribution is 2.14. The van der Waals surface area contributed by atoms with E-state index in [0.29, 0.717) is 16.8 Å². The Labute approximate surface area is 110 Å². The highest BCUT2D eigenvalue weighted by Gasteiger charge is 2.11. The second-order valence-corrected chi connectivity index (χ2v) is 3.84. The fourth-order valence-electron chi connectivity index (χ4n) is 1.59. The van der Waals surface area contributed by atoms with Gasteiger partial charge in [0.25, 0.3) is 0 Å². The molecule has 0 fully saturated rings. The Kier molecular flexibility index (Phi) is 3.56. The molecule has 5 heteroatoms. The number of aromatic nitrogens is 1. The van der Waals surface area contributed by atoms with Crippen molar-refractivity contribution in [2.24, 2.45) is 0 Å². The molecule has 5 nitrogen and oxygen atoms in total. The second-order valence-electron chi connectivity index (χ2n) is 3.84. The lowest BCUT2D eigenvalue weighted by atomic mass is 10.1. The second kappa shape index (κ2) is 5.30. The van der Waals surface area contributed by atoms with Crippen LogP contribution in [-0.2, 0) is 4.74 Å². The Balaban J connectivity index is 2.34. The molecule has 96 valence electrons. The maximum Gasteiger partial charge on any atom is 0.337 e. The lowest BCUT2D eigenvalue weighted by Gasteiger charge is -2.05. The molecule has 0 bridgehead atoms. The van der Waals surface area contributed by atoms with Crippen molar-refractivity contribution < 1.29 is 14.6 Å². The summed E-state index contributed by atoms with van der Waals surface area (Å²) in [5.41, 5.74) is 1.49. The van der Waals surface area contributed by atoms with Gasteiger partial charge in [0.15, 0.2) is 0 Å². The van der Waals surface area contributed by atoms with E-state index in [1.807, 2.05) is 0 Å². The first-order chi connectivity index (χ1) is 9.11. The Bertz CT molecular complexity index is 621. The number of carbonyl (C=O) groups is 1. The zero-order valence-corrected chi connectivity index (χ0v) is 10.3. The number of ether oxygens (including phenoxy) is 1. The third-order valence-electron chi connectivity index (χ3n) is 2.59. The summed E-state index contributed by atoms with van der Waals surface area (Å²) < 4.78 is 4.62. The van der Waals surface area contributed by atoms with Gasteiger partial charge < -0.3 is 9.84 Å². The van der Waals surface area contributed by atoms with Crippen molar-refractivity contribution in [3.05, 3.63) is 59.4 Å². The number of pyridine rings is 1. The average molecular weight is 256 g/mol. The van der Waals surface area contributed by atoms with Gasteiger partial charge in [-0.25, -0.2) is 4.79 Å². The molecule has 0 aliphatic carbocycles. The molecule has 0 unspecified atom stereocenters. The average Bonchev–Trinajstić information content (AvgIpc) is 2.46. The third-order valence-corrected chi connectivity index (χ3v) is 2.59. The minimum absolute atomic E-state index is 0.132. The molecule has 2 N–H and O–H groups in total. The molecule has 2 aromatic rings. The summed E-state index contributed by atoms with van der Waals surface area (Å²) >= 11 is 0. The molecule has 0 aliphatic heterocycles. The van der Waals surface area contributed by atoms with E-state index in [1.54, 1.807) is 12.1 Å². The van der Waals surface area contributed by atoms with Crippen LogP contribution in [0.15, 0.2) is 42.6 Å². The number of hydrogen-bond acceptors (Lipinski definition) is 5. The summed E-state index contributed by atoms with van der Waals surface area (Å²) in [5.74, 6) is -0.338. The summed E-state index contributed by atoms with van der Waals surface area (Å²) in [6, 6.07) is 9.25. The van der Waals surface area contributed by atoms with Gasteiger partial charge in [0.1, 0.15) is 5.75 Å². The van der Waals surface area contributed by atoms with Crippen LogP contribution < -0.4 is 0 Å². The maximum atomic E-state index is 11.4. The van der Waals surface area contributed by atoms with Crippen molar-refractivity contribution in [1.29, 1.82) is 5.41 Å². The molecule has 19 heavy (non-hydrogen) atoms. The fraction of sp³-hybridized carbons (Fsp3) is 0.0714. The van der Waals surface area contributed by atoms with Gasteiger partial charge in [0, 0.05) is 11.8 Å². The minimum Gasteiger partial charge on any atom is -0.508 e. The van der Waals surface area contributed by atoms with Gasteiger partial charge in [0.2, 0.25) is 0 Å². The van der Waals surface area contributed by atoms with E-state index in [-0.39, 0.29) is 11.5 Å². The normalized spacial score (nSPS) is 9.95. The van der Waals surface area contributed by atoms with Gasteiger partial charge in [-0.3, -0.25) is 10.4 Å². The molecule has 0 saturated heterocycles. The molecule has 1 aromatic carbocycles. The van der Waals surface area contributed by atoms with E-state index in [9.17, 15) is 9.90 Å². The lowest BCUT2D eigenvalue weighted by molar-refractivity contribution is 0.0600. The highest BCUT2D eigenvalue weighted by molar-refractivity contribution is 6.10. The van der Waals surface area contributed by atoms with Crippen LogP contribution in [-0.4, -0.2) is 28.9 Å². The summed E-state index contributed by atoms with van der Waals surface area (Å²) in [7, 11) is 1.30. The van der Waals surface area contributed by atoms with E-state index < -0.39 is 5.97 Å². The van der Waals surface area contributed by atoms with E-state index >= 15 is 0 Å². The molecule has 1 heterocycles. The topological polar surface area (TPSA) is 83.3 Å². The Morgan fingerprint density at radius 2 is 1.89 bits per heavy atom. The van der Waals surface area contributed by atoms with Crippen LogP contribution in [0.4, 0.5) is 0 Å². The van der Waals surface area contributed by atoms with Crippen LogP contribution in [0.25, 0.3) is 0 Å². The van der Waals surface area contributed by atoms with Crippen LogP contribution in [0.3, 0.4) is 0 Å². The molecule has 1 aromatic heterocycles. The van der Waals surface area contributed by atoms with Gasteiger partial charge in [-0.2, -0.15) is 0 Å². The number of nitrogens with zero attached hydrogens (tertiary/aromatic N) is 1. The smallest absolute Gasteiger partial charge is 0.337 e. The van der Waals surface area contributed by atoms with Crippen LogP contribution in [0.2, 0.25) is 0 Å². The quantitative estimate of drug-likeness (QED) is 0.649. The molecule has 0 amide bonds. The van der Waals surface area contributed by atoms with Crippen molar-refractivity contribution >= 4 is 11.7 Å². The number of phenolic OH excluding ortho intramolecular Hbond substituents is 1. The van der Waals surface area contributed by atoms with E-state index in [0.717, 1.165) is 0 Å². The number of carbonyl (C=O) groups excluding carboxylic acids is 1. The first-order valence-electron chi connectivity index (χ1n) is 5.54. The maximum absolute atomic E-state index is 11.4. The predicted molar refractivity (Wildman–Crippen MR) is 69.6 cm³/mol. The molecule has 0 atom stereocenters. The van der Waals surface area contributed by atoms with Crippen LogP contribution in [0.5, 0.6) is 5.75 Å². The lowest BCUT2D eigenvalue weighted by Crippen LogP contribution is -2.07. The molecule has 2 rings (SSSR count). The van der Waals surface area contributed by atoms with Gasteiger partial charge in [-0.05, 0) is 36.4 Å². The number of esters is 1. The molecular formula is C14H12N2O3. The summed E-state index contributed by atoms with van der Waals surface area (Å²) in [5, 5.41) is 17.3. The number of rotatable bonds is 3. The third kappa shape index (κ3) is 2.77. The largest absolute Gasteiger partial charge is 0.508 e. The van der Waals surface area contributed by atoms with Crippen molar-refractivity contribution in [1.82, 2.24) is 4.98 Å². The Morgan fingerprint density at radius 1 is 1.21 bits per heavy atom. The zero-order valence-electron chi connectivity index (χ0n) is 10.3. The molecular weight excluding hydrogens is 244 g/mol. The number of methoxy groups -OCH3 is 1. The van der Waals surface area contributed by atoms with Crippen LogP contribution in [0.1, 0.15) is 21.6 Å². The Morgan fingerprint density at radius 3 is 2.53 bits per heavy atom. The van der Waals surface area contributed by atoms with E-state index in [1.165, 1.54) is 37.6 Å². The first kappa shape index (κ1) is 12.8. The number of aromatic hydroxyl groups is 1. The summed E-state index contributed by atoms with van der Waals surface area (Å²) in [6.45, 7) is 0. The van der Waals surface area contributed by atoms with Gasteiger partial charge in [0.05, 0.1) is 24.1 Å². The van der Waals surface area contributed by atoms with Crippen molar-refractivity contribution in [2.45, 2.75) is 0 Å². The predicted octanol–water partition coefficient (Wildman–Crippen LogP) is 1.99. The zero-order chi connectivity index (χ0) is 13.8. The number of benzene rings is 1. The number of hydrogen-bond donors (Lipinski definition) is 2. The summed E-state index contributed by atoms with van der Waals surface area (Å²) in [4.78, 5) is 15.5. The monoisotopic (exact) mass is 256 g/mol. The van der Waals surface area contributed by atoms with E-state index in [2.05, 4.69) is 9.72 Å². The van der Waals surface area contributed by atoms with E-state index in [4.69, 9.17) is 5.41 Å². The first-order valence-corrected chi connectivity index (χ1v) is 5.54. The molecule has 0 spiro atoms. The van der Waals surface area contributed by atoms with Gasteiger partial charge in [-0.15, -0.1) is 0 Å². The van der Waals surface area contributed by atoms with Crippen molar-refractivity contribution in [3.63, 3.8) is 0 Å². The minimum atomic E-state index is -0.470. The van der Waals surface area contributed by atoms with Crippen LogP contribution >= 0.6 is 0 Å². The van der Waals surface area contributed by atoms with Crippen molar-refractivity contribution in [2.75, 3.05) is 7.11 Å². The molecule has 0 radical (unpaired) electrons. The summed E-state index contributed by atoms with van der Waals surface area (Å²) in [6.07, 6.45) is 1.45. The van der Waals surface area contributed by atoms with Crippen molar-refractivity contribution in [3.8, 4) is 5.75 Å². The highest BCUT2D eigenvalue weighted by atomic mass is 16.5. The van der Waals surface area contributed by atoms with Crippen LogP contribution in [0, 0.1) is 5.41 Å². The Hall–Kier alpha value is -2.69. The SMILES string of the molecule is COC(=O)c1ccnc(C(=N)c2ccc(O)cc2)c1. The van der Waals surface area contributed by atoms with Gasteiger partial charge in [-0.1, -0.05) is 0 Å².